The summed E-state index contributed by atoms with van der Waals surface area (Å²) in [6.45, 7) is 5.25. The lowest BCUT2D eigenvalue weighted by atomic mass is 10.0. The lowest BCUT2D eigenvalue weighted by Crippen LogP contribution is -2.34. The van der Waals surface area contributed by atoms with Crippen LogP contribution in [0.4, 0.5) is 5.82 Å². The van der Waals surface area contributed by atoms with Gasteiger partial charge in [-0.25, -0.2) is 9.97 Å². The summed E-state index contributed by atoms with van der Waals surface area (Å²) in [5, 5.41) is 1.07. The smallest absolute Gasteiger partial charge is 0.224 e. The van der Waals surface area contributed by atoms with Crippen molar-refractivity contribution in [2.24, 2.45) is 11.8 Å². The van der Waals surface area contributed by atoms with Crippen LogP contribution in [0.5, 0.6) is 0 Å². The van der Waals surface area contributed by atoms with E-state index in [9.17, 15) is 4.79 Å². The standard InChI is InChI=1S/C21H31N5O2/c1-3-4-8-28-9-6-19(27)26-12-15-10-17(11-16(15)13-26)25(2)21-18-5-7-22-20(18)23-14-24-21/h5,7,14-17H,3-4,6,8-13H2,1-2H3,(H,22,23,24)/t15-,16+,17+. The molecule has 0 aromatic carbocycles. The van der Waals surface area contributed by atoms with Gasteiger partial charge in [-0.2, -0.15) is 0 Å². The van der Waals surface area contributed by atoms with Crippen molar-refractivity contribution >= 4 is 22.8 Å². The second-order valence-electron chi connectivity index (χ2n) is 8.21. The van der Waals surface area contributed by atoms with E-state index in [0.717, 1.165) is 62.2 Å². The summed E-state index contributed by atoms with van der Waals surface area (Å²) in [5.74, 6) is 2.44. The minimum Gasteiger partial charge on any atom is -0.381 e. The fraction of sp³-hybridized carbons (Fsp3) is 0.667. The molecule has 7 nitrogen and oxygen atoms in total. The summed E-state index contributed by atoms with van der Waals surface area (Å²) in [7, 11) is 2.14. The van der Waals surface area contributed by atoms with Crippen molar-refractivity contribution in [1.82, 2.24) is 19.9 Å². The highest BCUT2D eigenvalue weighted by Gasteiger charge is 2.43. The van der Waals surface area contributed by atoms with Crippen LogP contribution in [-0.2, 0) is 9.53 Å². The monoisotopic (exact) mass is 385 g/mol. The third kappa shape index (κ3) is 3.85. The molecule has 2 aliphatic rings. The number of ether oxygens (including phenoxy) is 1. The zero-order chi connectivity index (χ0) is 19.5. The van der Waals surface area contributed by atoms with Gasteiger partial charge in [0.25, 0.3) is 0 Å². The molecule has 2 aromatic rings. The Kier molecular flexibility index (Phi) is 5.80. The first kappa shape index (κ1) is 19.2. The highest BCUT2D eigenvalue weighted by Crippen LogP contribution is 2.41. The number of carbonyl (C=O) groups excluding carboxylic acids is 1. The van der Waals surface area contributed by atoms with Crippen LogP contribution in [0, 0.1) is 11.8 Å². The summed E-state index contributed by atoms with van der Waals surface area (Å²) in [6.07, 6.45) is 8.49. The van der Waals surface area contributed by atoms with Crippen molar-refractivity contribution in [2.75, 3.05) is 38.3 Å². The number of rotatable bonds is 8. The fourth-order valence-corrected chi connectivity index (χ4v) is 4.77. The minimum absolute atomic E-state index is 0.251. The molecule has 2 aromatic heterocycles. The average molecular weight is 386 g/mol. The number of fused-ring (bicyclic) bond motifs is 2. The van der Waals surface area contributed by atoms with E-state index in [2.05, 4.69) is 38.7 Å². The third-order valence-corrected chi connectivity index (χ3v) is 6.40. The van der Waals surface area contributed by atoms with Crippen molar-refractivity contribution in [3.8, 4) is 0 Å². The van der Waals surface area contributed by atoms with Crippen LogP contribution in [0.15, 0.2) is 18.6 Å². The van der Waals surface area contributed by atoms with Crippen molar-refractivity contribution < 1.29 is 9.53 Å². The predicted molar refractivity (Wildman–Crippen MR) is 109 cm³/mol. The molecular weight excluding hydrogens is 354 g/mol. The molecule has 3 heterocycles. The molecule has 2 fully saturated rings. The van der Waals surface area contributed by atoms with Crippen molar-refractivity contribution in [3.05, 3.63) is 18.6 Å². The molecule has 0 unspecified atom stereocenters. The van der Waals surface area contributed by atoms with Crippen molar-refractivity contribution in [3.63, 3.8) is 0 Å². The van der Waals surface area contributed by atoms with Gasteiger partial charge in [0.1, 0.15) is 17.8 Å². The molecular formula is C21H31N5O2. The molecule has 1 amide bonds. The van der Waals surface area contributed by atoms with E-state index in [4.69, 9.17) is 4.74 Å². The quantitative estimate of drug-likeness (QED) is 0.707. The number of nitrogens with one attached hydrogen (secondary N) is 1. The number of carbonyl (C=O) groups is 1. The molecule has 0 spiro atoms. The number of aromatic amines is 1. The van der Waals surface area contributed by atoms with Gasteiger partial charge in [-0.05, 0) is 37.2 Å². The SMILES string of the molecule is CCCCOCCC(=O)N1C[C@H]2C[C@H](N(C)c3ncnc4[nH]ccc34)C[C@H]2C1. The number of aromatic nitrogens is 3. The second-order valence-corrected chi connectivity index (χ2v) is 8.21. The number of H-pyrrole nitrogens is 1. The molecule has 0 bridgehead atoms. The molecule has 152 valence electrons. The van der Waals surface area contributed by atoms with Crippen LogP contribution in [0.25, 0.3) is 11.0 Å². The summed E-state index contributed by atoms with van der Waals surface area (Å²) in [5.41, 5.74) is 0.882. The van der Waals surface area contributed by atoms with Crippen LogP contribution in [0.3, 0.4) is 0 Å². The summed E-state index contributed by atoms with van der Waals surface area (Å²) < 4.78 is 5.56. The number of unbranched alkanes of at least 4 members (excludes halogenated alkanes) is 1. The predicted octanol–water partition coefficient (Wildman–Crippen LogP) is 2.84. The molecule has 7 heteroatoms. The van der Waals surface area contributed by atoms with E-state index in [1.807, 2.05) is 12.3 Å². The Hall–Kier alpha value is -2.15. The molecule has 1 N–H and O–H groups in total. The first-order valence-corrected chi connectivity index (χ1v) is 10.5. The molecule has 1 aliphatic carbocycles. The zero-order valence-corrected chi connectivity index (χ0v) is 16.9. The molecule has 4 rings (SSSR count). The molecule has 0 radical (unpaired) electrons. The lowest BCUT2D eigenvalue weighted by molar-refractivity contribution is -0.131. The molecule has 1 aliphatic heterocycles. The van der Waals surface area contributed by atoms with E-state index in [1.54, 1.807) is 6.33 Å². The van der Waals surface area contributed by atoms with Gasteiger partial charge in [-0.15, -0.1) is 0 Å². The van der Waals surface area contributed by atoms with Crippen LogP contribution in [0.1, 0.15) is 39.0 Å². The lowest BCUT2D eigenvalue weighted by Gasteiger charge is -2.28. The highest BCUT2D eigenvalue weighted by molar-refractivity contribution is 5.87. The maximum atomic E-state index is 12.5. The van der Waals surface area contributed by atoms with Gasteiger partial charge in [-0.3, -0.25) is 4.79 Å². The number of likely N-dealkylation sites (tertiary alicyclic amines) is 1. The van der Waals surface area contributed by atoms with Crippen molar-refractivity contribution in [1.29, 1.82) is 0 Å². The first-order valence-electron chi connectivity index (χ1n) is 10.5. The molecule has 28 heavy (non-hydrogen) atoms. The van der Waals surface area contributed by atoms with E-state index < -0.39 is 0 Å². The van der Waals surface area contributed by atoms with E-state index in [1.165, 1.54) is 0 Å². The van der Waals surface area contributed by atoms with Crippen LogP contribution in [0.2, 0.25) is 0 Å². The van der Waals surface area contributed by atoms with Gasteiger partial charge >= 0.3 is 0 Å². The van der Waals surface area contributed by atoms with Gasteiger partial charge in [0.05, 0.1) is 18.4 Å². The topological polar surface area (TPSA) is 74.3 Å². The Bertz CT molecular complexity index is 793. The maximum Gasteiger partial charge on any atom is 0.224 e. The van der Waals surface area contributed by atoms with Gasteiger partial charge in [0.15, 0.2) is 0 Å². The Morgan fingerprint density at radius 1 is 1.29 bits per heavy atom. The number of hydrogen-bond acceptors (Lipinski definition) is 5. The summed E-state index contributed by atoms with van der Waals surface area (Å²) in [4.78, 5) is 28.8. The summed E-state index contributed by atoms with van der Waals surface area (Å²) >= 11 is 0. The van der Waals surface area contributed by atoms with Crippen LogP contribution < -0.4 is 4.90 Å². The summed E-state index contributed by atoms with van der Waals surface area (Å²) in [6, 6.07) is 2.51. The third-order valence-electron chi connectivity index (χ3n) is 6.40. The largest absolute Gasteiger partial charge is 0.381 e. The fourth-order valence-electron chi connectivity index (χ4n) is 4.77. The first-order chi connectivity index (χ1) is 13.7. The number of hydrogen-bond donors (Lipinski definition) is 1. The Balaban J connectivity index is 1.29. The number of anilines is 1. The molecule has 3 atom stereocenters. The van der Waals surface area contributed by atoms with Crippen molar-refractivity contribution in [2.45, 2.75) is 45.1 Å². The Morgan fingerprint density at radius 2 is 2.07 bits per heavy atom. The Morgan fingerprint density at radius 3 is 2.82 bits per heavy atom. The number of amides is 1. The second kappa shape index (κ2) is 8.47. The van der Waals surface area contributed by atoms with Crippen LogP contribution >= 0.6 is 0 Å². The normalized spacial score (nSPS) is 24.1. The maximum absolute atomic E-state index is 12.5. The molecule has 1 saturated heterocycles. The van der Waals surface area contributed by atoms with Gasteiger partial charge in [0.2, 0.25) is 5.91 Å². The zero-order valence-electron chi connectivity index (χ0n) is 16.9. The van der Waals surface area contributed by atoms with E-state index in [0.29, 0.717) is 30.9 Å². The average Bonchev–Trinajstić information content (AvgIpc) is 3.40. The van der Waals surface area contributed by atoms with Gasteiger partial charge in [0, 0.05) is 39.0 Å². The number of nitrogens with zero attached hydrogens (tertiary/aromatic N) is 4. The highest BCUT2D eigenvalue weighted by atomic mass is 16.5. The molecule has 1 saturated carbocycles. The Labute approximate surface area is 166 Å². The van der Waals surface area contributed by atoms with E-state index in [-0.39, 0.29) is 5.91 Å². The minimum atomic E-state index is 0.251. The van der Waals surface area contributed by atoms with E-state index >= 15 is 0 Å². The van der Waals surface area contributed by atoms with Gasteiger partial charge in [-0.1, -0.05) is 13.3 Å². The van der Waals surface area contributed by atoms with Crippen LogP contribution in [-0.4, -0.2) is 65.2 Å². The van der Waals surface area contributed by atoms with Gasteiger partial charge < -0.3 is 19.5 Å².